The van der Waals surface area contributed by atoms with Crippen LogP contribution in [0.3, 0.4) is 0 Å². The topological polar surface area (TPSA) is 84.5 Å². The van der Waals surface area contributed by atoms with Crippen LogP contribution in [-0.2, 0) is 9.53 Å². The zero-order valence-corrected chi connectivity index (χ0v) is 14.7. The molecule has 2 rings (SSSR count). The number of benzene rings is 2. The van der Waals surface area contributed by atoms with E-state index in [2.05, 4.69) is 10.6 Å². The van der Waals surface area contributed by atoms with Gasteiger partial charge in [0.25, 0.3) is 5.91 Å². The van der Waals surface area contributed by atoms with Crippen molar-refractivity contribution in [3.05, 3.63) is 65.7 Å². The monoisotopic (exact) mass is 354 g/mol. The Bertz CT molecular complexity index is 759. The Labute approximate surface area is 152 Å². The Kier molecular flexibility index (Phi) is 7.36. The average Bonchev–Trinajstić information content (AvgIpc) is 2.66. The predicted molar refractivity (Wildman–Crippen MR) is 99.0 cm³/mol. The largest absolute Gasteiger partial charge is 0.462 e. The van der Waals surface area contributed by atoms with Crippen LogP contribution in [0, 0.1) is 0 Å². The van der Waals surface area contributed by atoms with E-state index in [4.69, 9.17) is 4.74 Å². The van der Waals surface area contributed by atoms with Crippen molar-refractivity contribution >= 4 is 23.5 Å². The van der Waals surface area contributed by atoms with Crippen molar-refractivity contribution in [2.75, 3.05) is 18.5 Å². The van der Waals surface area contributed by atoms with Crippen LogP contribution in [-0.4, -0.2) is 30.9 Å². The first-order valence-corrected chi connectivity index (χ1v) is 8.50. The molecule has 0 aliphatic heterocycles. The third-order valence-corrected chi connectivity index (χ3v) is 3.56. The molecule has 0 radical (unpaired) electrons. The molecule has 0 aliphatic rings. The number of hydrogen-bond donors (Lipinski definition) is 2. The molecule has 0 spiro atoms. The molecule has 0 atom stereocenters. The van der Waals surface area contributed by atoms with Crippen molar-refractivity contribution in [1.29, 1.82) is 0 Å². The van der Waals surface area contributed by atoms with Crippen LogP contribution in [0.15, 0.2) is 54.6 Å². The molecule has 0 fully saturated rings. The van der Waals surface area contributed by atoms with Gasteiger partial charge in [-0.2, -0.15) is 0 Å². The van der Waals surface area contributed by atoms with E-state index in [1.54, 1.807) is 55.5 Å². The first kappa shape index (κ1) is 19.2. The highest BCUT2D eigenvalue weighted by Gasteiger charge is 2.09. The molecule has 2 aromatic carbocycles. The number of nitrogens with one attached hydrogen (secondary N) is 2. The Balaban J connectivity index is 1.74. The molecule has 6 heteroatoms. The minimum atomic E-state index is -0.424. The number of hydrogen-bond acceptors (Lipinski definition) is 4. The molecule has 0 aliphatic carbocycles. The average molecular weight is 354 g/mol. The molecule has 2 amide bonds. The lowest BCUT2D eigenvalue weighted by atomic mass is 10.2. The summed E-state index contributed by atoms with van der Waals surface area (Å²) in [7, 11) is 0. The SMILES string of the molecule is CCOC(=O)c1cccc(NC(=O)CCCNC(=O)c2ccccc2)c1. The summed E-state index contributed by atoms with van der Waals surface area (Å²) in [4.78, 5) is 35.6. The predicted octanol–water partition coefficient (Wildman–Crippen LogP) is 3.01. The minimum absolute atomic E-state index is 0.159. The van der Waals surface area contributed by atoms with Gasteiger partial charge in [0.2, 0.25) is 5.91 Å². The maximum atomic E-state index is 12.0. The number of rotatable bonds is 8. The standard InChI is InChI=1S/C20H22N2O4/c1-2-26-20(25)16-10-6-11-17(14-16)22-18(23)12-7-13-21-19(24)15-8-4-3-5-9-15/h3-6,8-11,14H,2,7,12-13H2,1H3,(H,21,24)(H,22,23). The van der Waals surface area contributed by atoms with Gasteiger partial charge in [0.05, 0.1) is 12.2 Å². The normalized spacial score (nSPS) is 10.0. The van der Waals surface area contributed by atoms with E-state index < -0.39 is 5.97 Å². The van der Waals surface area contributed by atoms with E-state index in [0.717, 1.165) is 0 Å². The van der Waals surface area contributed by atoms with Crippen LogP contribution < -0.4 is 10.6 Å². The maximum Gasteiger partial charge on any atom is 0.338 e. The summed E-state index contributed by atoms with van der Waals surface area (Å²) >= 11 is 0. The summed E-state index contributed by atoms with van der Waals surface area (Å²) in [5.41, 5.74) is 1.52. The fourth-order valence-electron chi connectivity index (χ4n) is 2.30. The van der Waals surface area contributed by atoms with Crippen molar-refractivity contribution in [2.45, 2.75) is 19.8 Å². The summed E-state index contributed by atoms with van der Waals surface area (Å²) in [6, 6.07) is 15.5. The lowest BCUT2D eigenvalue weighted by molar-refractivity contribution is -0.116. The Morgan fingerprint density at radius 1 is 0.962 bits per heavy atom. The fourth-order valence-corrected chi connectivity index (χ4v) is 2.30. The zero-order chi connectivity index (χ0) is 18.8. The van der Waals surface area contributed by atoms with Crippen LogP contribution in [0.4, 0.5) is 5.69 Å². The highest BCUT2D eigenvalue weighted by atomic mass is 16.5. The van der Waals surface area contributed by atoms with Crippen LogP contribution in [0.25, 0.3) is 0 Å². The van der Waals surface area contributed by atoms with Gasteiger partial charge in [-0.15, -0.1) is 0 Å². The minimum Gasteiger partial charge on any atom is -0.462 e. The second kappa shape index (κ2) is 9.98. The molecule has 2 aromatic rings. The van der Waals surface area contributed by atoms with E-state index in [1.165, 1.54) is 0 Å². The van der Waals surface area contributed by atoms with Crippen LogP contribution in [0.2, 0.25) is 0 Å². The van der Waals surface area contributed by atoms with E-state index in [0.29, 0.717) is 36.4 Å². The number of esters is 1. The van der Waals surface area contributed by atoms with Crippen molar-refractivity contribution in [3.8, 4) is 0 Å². The molecule has 136 valence electrons. The third-order valence-electron chi connectivity index (χ3n) is 3.56. The number of anilines is 1. The van der Waals surface area contributed by atoms with Gasteiger partial charge < -0.3 is 15.4 Å². The second-order valence-electron chi connectivity index (χ2n) is 5.57. The molecule has 0 unspecified atom stereocenters. The molecule has 2 N–H and O–H groups in total. The van der Waals surface area contributed by atoms with E-state index >= 15 is 0 Å². The number of ether oxygens (including phenoxy) is 1. The highest BCUT2D eigenvalue weighted by Crippen LogP contribution is 2.12. The molecule has 0 saturated carbocycles. The maximum absolute atomic E-state index is 12.0. The smallest absolute Gasteiger partial charge is 0.338 e. The van der Waals surface area contributed by atoms with Gasteiger partial charge in [0.1, 0.15) is 0 Å². The Morgan fingerprint density at radius 3 is 2.42 bits per heavy atom. The van der Waals surface area contributed by atoms with Crippen molar-refractivity contribution in [1.82, 2.24) is 5.32 Å². The van der Waals surface area contributed by atoms with E-state index in [-0.39, 0.29) is 18.2 Å². The van der Waals surface area contributed by atoms with Gasteiger partial charge in [-0.25, -0.2) is 4.79 Å². The van der Waals surface area contributed by atoms with Gasteiger partial charge in [-0.05, 0) is 43.7 Å². The van der Waals surface area contributed by atoms with E-state index in [9.17, 15) is 14.4 Å². The van der Waals surface area contributed by atoms with Crippen molar-refractivity contribution < 1.29 is 19.1 Å². The highest BCUT2D eigenvalue weighted by molar-refractivity contribution is 5.95. The molecule has 0 aromatic heterocycles. The van der Waals surface area contributed by atoms with E-state index in [1.807, 2.05) is 6.07 Å². The number of amides is 2. The first-order valence-electron chi connectivity index (χ1n) is 8.50. The quantitative estimate of drug-likeness (QED) is 0.564. The molecular weight excluding hydrogens is 332 g/mol. The van der Waals surface area contributed by atoms with Gasteiger partial charge in [-0.1, -0.05) is 24.3 Å². The summed E-state index contributed by atoms with van der Waals surface area (Å²) in [6.07, 6.45) is 0.778. The Morgan fingerprint density at radius 2 is 1.69 bits per heavy atom. The van der Waals surface area contributed by atoms with Crippen molar-refractivity contribution in [3.63, 3.8) is 0 Å². The summed E-state index contributed by atoms with van der Waals surface area (Å²) < 4.78 is 4.93. The van der Waals surface area contributed by atoms with Crippen LogP contribution in [0.1, 0.15) is 40.5 Å². The molecule has 0 saturated heterocycles. The molecule has 26 heavy (non-hydrogen) atoms. The number of carbonyl (C=O) groups excluding carboxylic acids is 3. The lowest BCUT2D eigenvalue weighted by Crippen LogP contribution is -2.25. The van der Waals surface area contributed by atoms with Gasteiger partial charge >= 0.3 is 5.97 Å². The van der Waals surface area contributed by atoms with Gasteiger partial charge in [0, 0.05) is 24.2 Å². The molecule has 0 bridgehead atoms. The number of carbonyl (C=O) groups is 3. The summed E-state index contributed by atoms with van der Waals surface area (Å²) in [5, 5.41) is 5.52. The summed E-state index contributed by atoms with van der Waals surface area (Å²) in [5.74, 6) is -0.764. The first-order chi connectivity index (χ1) is 12.6. The zero-order valence-electron chi connectivity index (χ0n) is 14.7. The molecule has 6 nitrogen and oxygen atoms in total. The Hall–Kier alpha value is -3.15. The summed E-state index contributed by atoms with van der Waals surface area (Å²) in [6.45, 7) is 2.44. The fraction of sp³-hybridized carbons (Fsp3) is 0.250. The second-order valence-corrected chi connectivity index (χ2v) is 5.57. The molecular formula is C20H22N2O4. The third kappa shape index (κ3) is 6.05. The van der Waals surface area contributed by atoms with Crippen LogP contribution in [0.5, 0.6) is 0 Å². The van der Waals surface area contributed by atoms with Gasteiger partial charge in [0.15, 0.2) is 0 Å². The van der Waals surface area contributed by atoms with Crippen molar-refractivity contribution in [2.24, 2.45) is 0 Å². The molecule has 0 heterocycles. The lowest BCUT2D eigenvalue weighted by Gasteiger charge is -2.08. The van der Waals surface area contributed by atoms with Crippen LogP contribution >= 0.6 is 0 Å². The van der Waals surface area contributed by atoms with Gasteiger partial charge in [-0.3, -0.25) is 9.59 Å².